The van der Waals surface area contributed by atoms with Gasteiger partial charge >= 0.3 is 0 Å². The van der Waals surface area contributed by atoms with Gasteiger partial charge in [0.15, 0.2) is 0 Å². The third-order valence-electron chi connectivity index (χ3n) is 2.80. The zero-order chi connectivity index (χ0) is 13.3. The van der Waals surface area contributed by atoms with Crippen molar-refractivity contribution in [1.29, 1.82) is 0 Å². The maximum atomic E-state index is 13.7. The Morgan fingerprint density at radius 1 is 1.33 bits per heavy atom. The van der Waals surface area contributed by atoms with Crippen molar-refractivity contribution in [3.05, 3.63) is 52.9 Å². The molecule has 0 aliphatic heterocycles. The second-order valence-electron chi connectivity index (χ2n) is 4.11. The number of halogens is 2. The van der Waals surface area contributed by atoms with Gasteiger partial charge in [0.2, 0.25) is 0 Å². The molecule has 18 heavy (non-hydrogen) atoms. The van der Waals surface area contributed by atoms with Gasteiger partial charge in [0.05, 0.1) is 11.7 Å². The van der Waals surface area contributed by atoms with Gasteiger partial charge in [-0.15, -0.1) is 0 Å². The van der Waals surface area contributed by atoms with E-state index in [1.54, 1.807) is 24.9 Å². The molecule has 0 bridgehead atoms. The average molecular weight is 252 g/mol. The number of rotatable bonds is 3. The van der Waals surface area contributed by atoms with Crippen LogP contribution in [0.5, 0.6) is 0 Å². The Balaban J connectivity index is 2.48. The van der Waals surface area contributed by atoms with E-state index in [0.717, 1.165) is 17.3 Å². The van der Waals surface area contributed by atoms with Crippen LogP contribution in [0.4, 0.5) is 8.78 Å². The van der Waals surface area contributed by atoms with E-state index in [1.807, 2.05) is 0 Å². The molecule has 0 fully saturated rings. The van der Waals surface area contributed by atoms with Gasteiger partial charge in [-0.05, 0) is 13.0 Å². The van der Waals surface area contributed by atoms with E-state index in [4.69, 9.17) is 5.84 Å². The topological polar surface area (TPSA) is 55.9 Å². The summed E-state index contributed by atoms with van der Waals surface area (Å²) in [6, 6.07) is 2.86. The highest BCUT2D eigenvalue weighted by molar-refractivity contribution is 5.33. The van der Waals surface area contributed by atoms with Gasteiger partial charge in [-0.2, -0.15) is 5.10 Å². The fourth-order valence-electron chi connectivity index (χ4n) is 1.98. The third-order valence-corrected chi connectivity index (χ3v) is 2.80. The molecule has 0 aliphatic carbocycles. The minimum atomic E-state index is -0.638. The average Bonchev–Trinajstić information content (AvgIpc) is 2.62. The number of hydrogen-bond donors (Lipinski definition) is 2. The first-order valence-corrected chi connectivity index (χ1v) is 5.44. The van der Waals surface area contributed by atoms with Crippen molar-refractivity contribution in [2.75, 3.05) is 0 Å². The van der Waals surface area contributed by atoms with Crippen LogP contribution in [0.15, 0.2) is 24.4 Å². The molecular weight excluding hydrogens is 238 g/mol. The number of aromatic nitrogens is 2. The fraction of sp³-hybridized carbons (Fsp3) is 0.250. The third kappa shape index (κ3) is 2.25. The predicted octanol–water partition coefficient (Wildman–Crippen LogP) is 1.56. The number of nitrogens with two attached hydrogens (primary N) is 1. The number of hydrazine groups is 1. The van der Waals surface area contributed by atoms with Crippen molar-refractivity contribution in [3.8, 4) is 0 Å². The fourth-order valence-corrected chi connectivity index (χ4v) is 1.98. The van der Waals surface area contributed by atoms with Gasteiger partial charge in [0.1, 0.15) is 11.6 Å². The summed E-state index contributed by atoms with van der Waals surface area (Å²) in [6.07, 6.45) is 1.75. The van der Waals surface area contributed by atoms with Crippen LogP contribution in [0.3, 0.4) is 0 Å². The number of hydrogen-bond acceptors (Lipinski definition) is 3. The largest absolute Gasteiger partial charge is 0.275 e. The number of nitrogens with one attached hydrogen (secondary N) is 1. The van der Waals surface area contributed by atoms with E-state index in [9.17, 15) is 8.78 Å². The van der Waals surface area contributed by atoms with E-state index in [0.29, 0.717) is 0 Å². The molecule has 1 heterocycles. The van der Waals surface area contributed by atoms with Crippen molar-refractivity contribution >= 4 is 0 Å². The summed E-state index contributed by atoms with van der Waals surface area (Å²) in [5.74, 6) is 4.22. The molecular formula is C12H14F2N4. The number of aryl methyl sites for hydroxylation is 2. The first-order chi connectivity index (χ1) is 8.52. The van der Waals surface area contributed by atoms with Gasteiger partial charge in [0.25, 0.3) is 0 Å². The predicted molar refractivity (Wildman–Crippen MR) is 63.5 cm³/mol. The maximum absolute atomic E-state index is 13.7. The van der Waals surface area contributed by atoms with Crippen molar-refractivity contribution in [2.24, 2.45) is 12.9 Å². The maximum Gasteiger partial charge on any atom is 0.131 e. The standard InChI is InChI=1S/C12H14F2N4/c1-7-10(6-18(2)17-7)12(16-15)9-4-3-8(13)5-11(9)14/h3-6,12,16H,15H2,1-2H3. The second kappa shape index (κ2) is 4.83. The minimum absolute atomic E-state index is 0.287. The summed E-state index contributed by atoms with van der Waals surface area (Å²) in [5, 5.41) is 4.18. The van der Waals surface area contributed by atoms with Crippen LogP contribution in [-0.2, 0) is 7.05 Å². The number of nitrogens with zero attached hydrogens (tertiary/aromatic N) is 2. The van der Waals surface area contributed by atoms with E-state index in [-0.39, 0.29) is 5.56 Å². The van der Waals surface area contributed by atoms with E-state index in [1.165, 1.54) is 12.1 Å². The molecule has 1 unspecified atom stereocenters. The van der Waals surface area contributed by atoms with Gasteiger partial charge in [-0.3, -0.25) is 10.5 Å². The Kier molecular flexibility index (Phi) is 3.40. The summed E-state index contributed by atoms with van der Waals surface area (Å²) >= 11 is 0. The van der Waals surface area contributed by atoms with Crippen LogP contribution in [0.1, 0.15) is 22.9 Å². The molecule has 1 aromatic heterocycles. The molecule has 0 saturated carbocycles. The molecule has 2 rings (SSSR count). The first kappa shape index (κ1) is 12.7. The van der Waals surface area contributed by atoms with Crippen LogP contribution in [0.25, 0.3) is 0 Å². The first-order valence-electron chi connectivity index (χ1n) is 5.44. The van der Waals surface area contributed by atoms with Crippen molar-refractivity contribution in [3.63, 3.8) is 0 Å². The van der Waals surface area contributed by atoms with Crippen LogP contribution in [0.2, 0.25) is 0 Å². The van der Waals surface area contributed by atoms with Gasteiger partial charge in [-0.25, -0.2) is 14.2 Å². The molecule has 2 aromatic rings. The van der Waals surface area contributed by atoms with Crippen molar-refractivity contribution in [1.82, 2.24) is 15.2 Å². The number of benzene rings is 1. The Labute approximate surface area is 103 Å². The highest BCUT2D eigenvalue weighted by Gasteiger charge is 2.20. The summed E-state index contributed by atoms with van der Waals surface area (Å²) in [6.45, 7) is 1.81. The molecule has 0 saturated heterocycles. The summed E-state index contributed by atoms with van der Waals surface area (Å²) in [4.78, 5) is 0. The molecule has 3 N–H and O–H groups in total. The lowest BCUT2D eigenvalue weighted by Crippen LogP contribution is -2.29. The van der Waals surface area contributed by atoms with Crippen LogP contribution >= 0.6 is 0 Å². The van der Waals surface area contributed by atoms with Gasteiger partial charge in [-0.1, -0.05) is 6.07 Å². The summed E-state index contributed by atoms with van der Waals surface area (Å²) in [5.41, 5.74) is 4.32. The SMILES string of the molecule is Cc1nn(C)cc1C(NN)c1ccc(F)cc1F. The Morgan fingerprint density at radius 2 is 2.06 bits per heavy atom. The molecule has 0 spiro atoms. The smallest absolute Gasteiger partial charge is 0.131 e. The zero-order valence-corrected chi connectivity index (χ0v) is 10.1. The van der Waals surface area contributed by atoms with Crippen molar-refractivity contribution in [2.45, 2.75) is 13.0 Å². The van der Waals surface area contributed by atoms with Crippen molar-refractivity contribution < 1.29 is 8.78 Å². The zero-order valence-electron chi connectivity index (χ0n) is 10.1. The highest BCUT2D eigenvalue weighted by atomic mass is 19.1. The minimum Gasteiger partial charge on any atom is -0.275 e. The Bertz CT molecular complexity index is 565. The lowest BCUT2D eigenvalue weighted by Gasteiger charge is -2.16. The quantitative estimate of drug-likeness (QED) is 0.644. The Morgan fingerprint density at radius 3 is 2.56 bits per heavy atom. The summed E-state index contributed by atoms with van der Waals surface area (Å²) < 4.78 is 28.3. The van der Waals surface area contributed by atoms with Crippen LogP contribution in [-0.4, -0.2) is 9.78 Å². The molecule has 0 amide bonds. The van der Waals surface area contributed by atoms with E-state index in [2.05, 4.69) is 10.5 Å². The summed E-state index contributed by atoms with van der Waals surface area (Å²) in [7, 11) is 1.77. The highest BCUT2D eigenvalue weighted by Crippen LogP contribution is 2.26. The van der Waals surface area contributed by atoms with E-state index < -0.39 is 17.7 Å². The molecule has 4 nitrogen and oxygen atoms in total. The normalized spacial score (nSPS) is 12.7. The Hall–Kier alpha value is -1.79. The second-order valence-corrected chi connectivity index (χ2v) is 4.11. The van der Waals surface area contributed by atoms with Gasteiger partial charge < -0.3 is 0 Å². The van der Waals surface area contributed by atoms with Gasteiger partial charge in [0, 0.05) is 30.4 Å². The molecule has 0 radical (unpaired) electrons. The molecule has 96 valence electrons. The lowest BCUT2D eigenvalue weighted by molar-refractivity contribution is 0.540. The van der Waals surface area contributed by atoms with Crippen LogP contribution < -0.4 is 11.3 Å². The molecule has 1 aromatic carbocycles. The van der Waals surface area contributed by atoms with Crippen LogP contribution in [0, 0.1) is 18.6 Å². The lowest BCUT2D eigenvalue weighted by atomic mass is 9.99. The molecule has 6 heteroatoms. The molecule has 1 atom stereocenters. The molecule has 0 aliphatic rings. The monoisotopic (exact) mass is 252 g/mol. The van der Waals surface area contributed by atoms with E-state index >= 15 is 0 Å².